The lowest BCUT2D eigenvalue weighted by Crippen LogP contribution is -2.48. The van der Waals surface area contributed by atoms with Crippen LogP contribution in [-0.2, 0) is 9.53 Å². The number of amides is 3. The average molecular weight is 334 g/mol. The maximum Gasteiger partial charge on any atom is 0.321 e. The molecule has 2 N–H and O–H groups in total. The van der Waals surface area contributed by atoms with Crippen molar-refractivity contribution in [2.75, 3.05) is 50.2 Å². The molecule has 0 saturated carbocycles. The summed E-state index contributed by atoms with van der Waals surface area (Å²) in [5.41, 5.74) is 2.11. The van der Waals surface area contributed by atoms with Crippen LogP contribution in [-0.4, -0.2) is 58.4 Å². The van der Waals surface area contributed by atoms with Crippen LogP contribution in [0.2, 0.25) is 0 Å². The standard InChI is InChI=1S/C17H26N4O3/c1-13(12-24-3)18-17(23)19-16(22)11-21-10-6-9-20(2)14-7-4-5-8-15(14)21/h4-5,7-8,13H,6,9-12H2,1-3H3,(H2,18,19,22,23)/t13-/m0/s1. The van der Waals surface area contributed by atoms with E-state index in [-0.39, 0.29) is 18.5 Å². The van der Waals surface area contributed by atoms with Gasteiger partial charge in [0.25, 0.3) is 0 Å². The first kappa shape index (κ1) is 18.1. The van der Waals surface area contributed by atoms with Gasteiger partial charge in [0.05, 0.1) is 30.6 Å². The van der Waals surface area contributed by atoms with E-state index in [1.807, 2.05) is 43.1 Å². The Labute approximate surface area is 142 Å². The van der Waals surface area contributed by atoms with Gasteiger partial charge in [0.15, 0.2) is 0 Å². The highest BCUT2D eigenvalue weighted by Gasteiger charge is 2.21. The Hall–Kier alpha value is -2.28. The second-order valence-electron chi connectivity index (χ2n) is 6.06. The molecule has 0 saturated heterocycles. The van der Waals surface area contributed by atoms with Crippen LogP contribution < -0.4 is 20.4 Å². The first-order valence-electron chi connectivity index (χ1n) is 8.15. The number of nitrogens with zero attached hydrogens (tertiary/aromatic N) is 2. The number of rotatable bonds is 5. The molecule has 1 aromatic rings. The lowest BCUT2D eigenvalue weighted by molar-refractivity contribution is -0.118. The molecule has 132 valence electrons. The van der Waals surface area contributed by atoms with Crippen LogP contribution in [0.25, 0.3) is 0 Å². The molecule has 1 heterocycles. The van der Waals surface area contributed by atoms with Crippen molar-refractivity contribution >= 4 is 23.3 Å². The zero-order chi connectivity index (χ0) is 17.5. The minimum atomic E-state index is -0.496. The monoisotopic (exact) mass is 334 g/mol. The van der Waals surface area contributed by atoms with Crippen molar-refractivity contribution in [2.24, 2.45) is 0 Å². The van der Waals surface area contributed by atoms with Gasteiger partial charge in [0.1, 0.15) is 0 Å². The van der Waals surface area contributed by atoms with E-state index in [9.17, 15) is 9.59 Å². The SMILES string of the molecule is COC[C@H](C)NC(=O)NC(=O)CN1CCCN(C)c2ccccc21. The smallest absolute Gasteiger partial charge is 0.321 e. The Kier molecular flexibility index (Phi) is 6.43. The van der Waals surface area contributed by atoms with E-state index in [0.717, 1.165) is 30.9 Å². The average Bonchev–Trinajstić information content (AvgIpc) is 2.67. The Balaban J connectivity index is 1.96. The summed E-state index contributed by atoms with van der Waals surface area (Å²) in [6.45, 7) is 4.07. The van der Waals surface area contributed by atoms with Gasteiger partial charge in [-0.15, -0.1) is 0 Å². The molecular formula is C17H26N4O3. The number of benzene rings is 1. The van der Waals surface area contributed by atoms with Gasteiger partial charge in [-0.1, -0.05) is 12.1 Å². The summed E-state index contributed by atoms with van der Waals surface area (Å²) < 4.78 is 4.95. The van der Waals surface area contributed by atoms with Gasteiger partial charge < -0.3 is 19.9 Å². The molecule has 1 aliphatic heterocycles. The molecule has 0 spiro atoms. The molecule has 2 rings (SSSR count). The number of hydrogen-bond donors (Lipinski definition) is 2. The maximum atomic E-state index is 12.2. The van der Waals surface area contributed by atoms with Crippen LogP contribution in [0.3, 0.4) is 0 Å². The molecule has 7 nitrogen and oxygen atoms in total. The zero-order valence-corrected chi connectivity index (χ0v) is 14.5. The maximum absolute atomic E-state index is 12.2. The highest BCUT2D eigenvalue weighted by Crippen LogP contribution is 2.30. The molecule has 0 aliphatic carbocycles. The van der Waals surface area contributed by atoms with E-state index in [1.54, 1.807) is 7.11 Å². The molecule has 24 heavy (non-hydrogen) atoms. The molecule has 1 aromatic carbocycles. The largest absolute Gasteiger partial charge is 0.383 e. The number of para-hydroxylation sites is 2. The fourth-order valence-electron chi connectivity index (χ4n) is 2.85. The van der Waals surface area contributed by atoms with Crippen molar-refractivity contribution in [1.29, 1.82) is 0 Å². The summed E-state index contributed by atoms with van der Waals surface area (Å²) in [5, 5.41) is 5.04. The Morgan fingerprint density at radius 2 is 1.96 bits per heavy atom. The molecule has 0 fully saturated rings. The summed E-state index contributed by atoms with van der Waals surface area (Å²) in [6.07, 6.45) is 0.954. The van der Waals surface area contributed by atoms with Crippen LogP contribution in [0.5, 0.6) is 0 Å². The van der Waals surface area contributed by atoms with Crippen molar-refractivity contribution in [3.05, 3.63) is 24.3 Å². The van der Waals surface area contributed by atoms with E-state index in [1.165, 1.54) is 0 Å². The number of methoxy groups -OCH3 is 1. The molecule has 0 unspecified atom stereocenters. The molecule has 3 amide bonds. The van der Waals surface area contributed by atoms with Crippen LogP contribution in [0, 0.1) is 0 Å². The minimum absolute atomic E-state index is 0.150. The predicted octanol–water partition coefficient (Wildman–Crippen LogP) is 1.19. The van der Waals surface area contributed by atoms with Gasteiger partial charge in [-0.3, -0.25) is 10.1 Å². The fraction of sp³-hybridized carbons (Fsp3) is 0.529. The minimum Gasteiger partial charge on any atom is -0.383 e. The van der Waals surface area contributed by atoms with Gasteiger partial charge in [-0.2, -0.15) is 0 Å². The first-order valence-corrected chi connectivity index (χ1v) is 8.15. The van der Waals surface area contributed by atoms with Crippen LogP contribution >= 0.6 is 0 Å². The summed E-state index contributed by atoms with van der Waals surface area (Å²) in [6, 6.07) is 7.35. The third-order valence-electron chi connectivity index (χ3n) is 3.94. The van der Waals surface area contributed by atoms with Crippen LogP contribution in [0.4, 0.5) is 16.2 Å². The number of nitrogens with one attached hydrogen (secondary N) is 2. The van der Waals surface area contributed by atoms with Crippen LogP contribution in [0.15, 0.2) is 24.3 Å². The highest BCUT2D eigenvalue weighted by atomic mass is 16.5. The lowest BCUT2D eigenvalue weighted by Gasteiger charge is -2.25. The molecular weight excluding hydrogens is 308 g/mol. The number of carbonyl (C=O) groups is 2. The summed E-state index contributed by atoms with van der Waals surface area (Å²) >= 11 is 0. The second-order valence-corrected chi connectivity index (χ2v) is 6.06. The molecule has 7 heteroatoms. The Morgan fingerprint density at radius 1 is 1.25 bits per heavy atom. The predicted molar refractivity (Wildman–Crippen MR) is 94.6 cm³/mol. The molecule has 0 bridgehead atoms. The number of fused-ring (bicyclic) bond motifs is 1. The van der Waals surface area contributed by atoms with E-state index in [4.69, 9.17) is 4.74 Å². The Bertz CT molecular complexity index is 579. The van der Waals surface area contributed by atoms with Crippen molar-refractivity contribution in [1.82, 2.24) is 10.6 Å². The Morgan fingerprint density at radius 3 is 2.67 bits per heavy atom. The van der Waals surface area contributed by atoms with Crippen LogP contribution in [0.1, 0.15) is 13.3 Å². The number of ether oxygens (including phenoxy) is 1. The van der Waals surface area contributed by atoms with Gasteiger partial charge in [-0.25, -0.2) is 4.79 Å². The molecule has 1 atom stereocenters. The first-order chi connectivity index (χ1) is 11.5. The third kappa shape index (κ3) is 4.86. The number of hydrogen-bond acceptors (Lipinski definition) is 5. The number of carbonyl (C=O) groups excluding carboxylic acids is 2. The van der Waals surface area contributed by atoms with Gasteiger partial charge >= 0.3 is 6.03 Å². The zero-order valence-electron chi connectivity index (χ0n) is 14.5. The fourth-order valence-corrected chi connectivity index (χ4v) is 2.85. The van der Waals surface area contributed by atoms with E-state index < -0.39 is 6.03 Å². The van der Waals surface area contributed by atoms with Gasteiger partial charge in [0, 0.05) is 27.2 Å². The molecule has 0 radical (unpaired) electrons. The number of anilines is 2. The normalized spacial score (nSPS) is 15.3. The molecule has 0 aromatic heterocycles. The third-order valence-corrected chi connectivity index (χ3v) is 3.94. The van der Waals surface area contributed by atoms with E-state index >= 15 is 0 Å². The van der Waals surface area contributed by atoms with E-state index in [2.05, 4.69) is 15.5 Å². The quantitative estimate of drug-likeness (QED) is 0.846. The number of urea groups is 1. The molecule has 1 aliphatic rings. The van der Waals surface area contributed by atoms with Crippen molar-refractivity contribution < 1.29 is 14.3 Å². The number of imide groups is 1. The highest BCUT2D eigenvalue weighted by molar-refractivity contribution is 5.97. The lowest BCUT2D eigenvalue weighted by atomic mass is 10.2. The topological polar surface area (TPSA) is 73.9 Å². The van der Waals surface area contributed by atoms with Gasteiger partial charge in [0.2, 0.25) is 5.91 Å². The van der Waals surface area contributed by atoms with Crippen molar-refractivity contribution in [2.45, 2.75) is 19.4 Å². The van der Waals surface area contributed by atoms with Crippen molar-refractivity contribution in [3.63, 3.8) is 0 Å². The summed E-state index contributed by atoms with van der Waals surface area (Å²) in [4.78, 5) is 28.2. The van der Waals surface area contributed by atoms with Gasteiger partial charge in [-0.05, 0) is 25.5 Å². The van der Waals surface area contributed by atoms with Crippen molar-refractivity contribution in [3.8, 4) is 0 Å². The summed E-state index contributed by atoms with van der Waals surface area (Å²) in [5.74, 6) is -0.323. The van der Waals surface area contributed by atoms with E-state index in [0.29, 0.717) is 6.61 Å². The summed E-state index contributed by atoms with van der Waals surface area (Å²) in [7, 11) is 3.61. The second kappa shape index (κ2) is 8.54.